The number of nitrogens with two attached hydrogens (primary N) is 1. The number of hydrogen-bond donors (Lipinski definition) is 1. The first-order valence-corrected chi connectivity index (χ1v) is 5.41. The van der Waals surface area contributed by atoms with Crippen LogP contribution in [0.25, 0.3) is 0 Å². The first-order valence-electron chi connectivity index (χ1n) is 5.41. The molecule has 0 fully saturated rings. The molecule has 0 spiro atoms. The molecule has 5 heteroatoms. The molecule has 5 nitrogen and oxygen atoms in total. The second kappa shape index (κ2) is 4.45. The Bertz CT molecular complexity index is 510. The van der Waals surface area contributed by atoms with E-state index in [0.29, 0.717) is 12.3 Å². The fourth-order valence-corrected chi connectivity index (χ4v) is 1.79. The maximum Gasteiger partial charge on any atom is 0.145 e. The zero-order valence-electron chi connectivity index (χ0n) is 10.3. The lowest BCUT2D eigenvalue weighted by Crippen LogP contribution is -2.01. The smallest absolute Gasteiger partial charge is 0.145 e. The highest BCUT2D eigenvalue weighted by Crippen LogP contribution is 2.28. The summed E-state index contributed by atoms with van der Waals surface area (Å²) in [5.41, 5.74) is 9.53. The van der Waals surface area contributed by atoms with Crippen molar-refractivity contribution in [3.05, 3.63) is 35.2 Å². The molecule has 1 aromatic heterocycles. The SMILES string of the molecule is Cc1cc(C)c(OCc2cn(C)nn2)c(N)c1. The molecule has 17 heavy (non-hydrogen) atoms. The number of anilines is 1. The first-order chi connectivity index (χ1) is 8.06. The topological polar surface area (TPSA) is 66.0 Å². The van der Waals surface area contributed by atoms with Gasteiger partial charge in [0.1, 0.15) is 18.1 Å². The van der Waals surface area contributed by atoms with Crippen LogP contribution in [0.1, 0.15) is 16.8 Å². The molecule has 0 aliphatic heterocycles. The van der Waals surface area contributed by atoms with Crippen LogP contribution in [0, 0.1) is 13.8 Å². The van der Waals surface area contributed by atoms with E-state index in [-0.39, 0.29) is 0 Å². The molecule has 2 N–H and O–H groups in total. The van der Waals surface area contributed by atoms with Gasteiger partial charge in [-0.25, -0.2) is 0 Å². The molecule has 0 saturated carbocycles. The molecule has 0 atom stereocenters. The Morgan fingerprint density at radius 2 is 2.12 bits per heavy atom. The quantitative estimate of drug-likeness (QED) is 0.816. The summed E-state index contributed by atoms with van der Waals surface area (Å²) in [5, 5.41) is 7.80. The van der Waals surface area contributed by atoms with E-state index >= 15 is 0 Å². The van der Waals surface area contributed by atoms with E-state index in [2.05, 4.69) is 10.3 Å². The summed E-state index contributed by atoms with van der Waals surface area (Å²) in [6.45, 7) is 4.37. The third-order valence-electron chi connectivity index (χ3n) is 2.46. The number of nitrogens with zero attached hydrogens (tertiary/aromatic N) is 3. The molecule has 2 rings (SSSR count). The van der Waals surface area contributed by atoms with E-state index in [1.54, 1.807) is 4.68 Å². The van der Waals surface area contributed by atoms with Crippen molar-refractivity contribution in [3.63, 3.8) is 0 Å². The van der Waals surface area contributed by atoms with E-state index in [1.165, 1.54) is 0 Å². The molecule has 0 bridgehead atoms. The summed E-state index contributed by atoms with van der Waals surface area (Å²) >= 11 is 0. The van der Waals surface area contributed by atoms with Gasteiger partial charge in [-0.3, -0.25) is 4.68 Å². The van der Waals surface area contributed by atoms with Crippen LogP contribution in [-0.4, -0.2) is 15.0 Å². The van der Waals surface area contributed by atoms with Crippen LogP contribution in [-0.2, 0) is 13.7 Å². The van der Waals surface area contributed by atoms with Crippen LogP contribution < -0.4 is 10.5 Å². The number of ether oxygens (including phenoxy) is 1. The standard InChI is InChI=1S/C12H16N4O/c1-8-4-9(2)12(11(13)5-8)17-7-10-6-16(3)15-14-10/h4-6H,7,13H2,1-3H3. The summed E-state index contributed by atoms with van der Waals surface area (Å²) < 4.78 is 7.32. The number of aromatic nitrogens is 3. The molecular weight excluding hydrogens is 216 g/mol. The first kappa shape index (κ1) is 11.4. The predicted molar refractivity (Wildman–Crippen MR) is 65.7 cm³/mol. The van der Waals surface area contributed by atoms with E-state index in [1.807, 2.05) is 39.2 Å². The Kier molecular flexibility index (Phi) is 2.99. The highest BCUT2D eigenvalue weighted by atomic mass is 16.5. The zero-order valence-corrected chi connectivity index (χ0v) is 10.3. The van der Waals surface area contributed by atoms with Crippen LogP contribution >= 0.6 is 0 Å². The molecular formula is C12H16N4O. The van der Waals surface area contributed by atoms with Crippen LogP contribution in [0.5, 0.6) is 5.75 Å². The number of rotatable bonds is 3. The summed E-state index contributed by atoms with van der Waals surface area (Å²) in [6.07, 6.45) is 1.82. The summed E-state index contributed by atoms with van der Waals surface area (Å²) in [5.74, 6) is 0.723. The lowest BCUT2D eigenvalue weighted by molar-refractivity contribution is 0.301. The van der Waals surface area contributed by atoms with Gasteiger partial charge >= 0.3 is 0 Å². The molecule has 1 aromatic carbocycles. The van der Waals surface area contributed by atoms with E-state index < -0.39 is 0 Å². The predicted octanol–water partition coefficient (Wildman–Crippen LogP) is 1.59. The highest BCUT2D eigenvalue weighted by molar-refractivity contribution is 5.58. The largest absolute Gasteiger partial charge is 0.485 e. The fraction of sp³-hybridized carbons (Fsp3) is 0.333. The molecule has 2 aromatic rings. The Balaban J connectivity index is 2.14. The van der Waals surface area contributed by atoms with Gasteiger partial charge in [0.15, 0.2) is 0 Å². The molecule has 0 saturated heterocycles. The van der Waals surface area contributed by atoms with Gasteiger partial charge in [0, 0.05) is 7.05 Å². The van der Waals surface area contributed by atoms with E-state index in [0.717, 1.165) is 22.6 Å². The van der Waals surface area contributed by atoms with Gasteiger partial charge in [0.05, 0.1) is 11.9 Å². The lowest BCUT2D eigenvalue weighted by Gasteiger charge is -2.11. The van der Waals surface area contributed by atoms with Crippen molar-refractivity contribution in [1.82, 2.24) is 15.0 Å². The fourth-order valence-electron chi connectivity index (χ4n) is 1.79. The minimum absolute atomic E-state index is 0.377. The van der Waals surface area contributed by atoms with Crippen molar-refractivity contribution in [2.24, 2.45) is 7.05 Å². The third-order valence-corrected chi connectivity index (χ3v) is 2.46. The van der Waals surface area contributed by atoms with Gasteiger partial charge in [-0.1, -0.05) is 11.3 Å². The summed E-state index contributed by atoms with van der Waals surface area (Å²) in [7, 11) is 1.82. The van der Waals surface area contributed by atoms with Gasteiger partial charge in [-0.15, -0.1) is 5.10 Å². The maximum atomic E-state index is 5.93. The van der Waals surface area contributed by atoms with E-state index in [4.69, 9.17) is 10.5 Å². The number of nitrogen functional groups attached to an aromatic ring is 1. The van der Waals surface area contributed by atoms with Crippen molar-refractivity contribution in [1.29, 1.82) is 0 Å². The normalized spacial score (nSPS) is 10.5. The van der Waals surface area contributed by atoms with Crippen molar-refractivity contribution < 1.29 is 4.74 Å². The summed E-state index contributed by atoms with van der Waals surface area (Å²) in [6, 6.07) is 3.95. The summed E-state index contributed by atoms with van der Waals surface area (Å²) in [4.78, 5) is 0. The average molecular weight is 232 g/mol. The van der Waals surface area contributed by atoms with Gasteiger partial charge in [0.2, 0.25) is 0 Å². The highest BCUT2D eigenvalue weighted by Gasteiger charge is 2.07. The number of aryl methyl sites for hydroxylation is 3. The van der Waals surface area contributed by atoms with Gasteiger partial charge in [0.25, 0.3) is 0 Å². The molecule has 1 heterocycles. The minimum Gasteiger partial charge on any atom is -0.485 e. The van der Waals surface area contributed by atoms with Crippen LogP contribution in [0.3, 0.4) is 0 Å². The van der Waals surface area contributed by atoms with Crippen molar-refractivity contribution in [2.75, 3.05) is 5.73 Å². The molecule has 0 amide bonds. The molecule has 0 aliphatic carbocycles. The Morgan fingerprint density at radius 1 is 1.35 bits per heavy atom. The van der Waals surface area contributed by atoms with Crippen molar-refractivity contribution in [3.8, 4) is 5.75 Å². The Morgan fingerprint density at radius 3 is 2.71 bits per heavy atom. The molecule has 0 unspecified atom stereocenters. The van der Waals surface area contributed by atoms with E-state index in [9.17, 15) is 0 Å². The maximum absolute atomic E-state index is 5.93. The number of hydrogen-bond acceptors (Lipinski definition) is 4. The third kappa shape index (κ3) is 2.55. The van der Waals surface area contributed by atoms with Gasteiger partial charge in [-0.2, -0.15) is 0 Å². The zero-order chi connectivity index (χ0) is 12.4. The van der Waals surface area contributed by atoms with Gasteiger partial charge < -0.3 is 10.5 Å². The van der Waals surface area contributed by atoms with Crippen molar-refractivity contribution in [2.45, 2.75) is 20.5 Å². The molecule has 0 aliphatic rings. The molecule has 90 valence electrons. The van der Waals surface area contributed by atoms with Gasteiger partial charge in [-0.05, 0) is 31.0 Å². The monoisotopic (exact) mass is 232 g/mol. The van der Waals surface area contributed by atoms with Crippen LogP contribution in [0.2, 0.25) is 0 Å². The second-order valence-corrected chi connectivity index (χ2v) is 4.17. The van der Waals surface area contributed by atoms with Crippen LogP contribution in [0.4, 0.5) is 5.69 Å². The Labute approximate surface area is 100 Å². The van der Waals surface area contributed by atoms with Crippen LogP contribution in [0.15, 0.2) is 18.3 Å². The average Bonchev–Trinajstić information content (AvgIpc) is 2.62. The minimum atomic E-state index is 0.377. The second-order valence-electron chi connectivity index (χ2n) is 4.17. The lowest BCUT2D eigenvalue weighted by atomic mass is 10.1. The van der Waals surface area contributed by atoms with Crippen molar-refractivity contribution >= 4 is 5.69 Å². The molecule has 0 radical (unpaired) electrons. The Hall–Kier alpha value is -2.04. The number of benzene rings is 1.